The van der Waals surface area contributed by atoms with Crippen LogP contribution in [0.3, 0.4) is 0 Å². The van der Waals surface area contributed by atoms with Gasteiger partial charge in [0.05, 0.1) is 5.69 Å². The molecular formula is C16H26N5O+. The Labute approximate surface area is 131 Å². The second-order valence-electron chi connectivity index (χ2n) is 6.61. The molecule has 1 saturated heterocycles. The first-order chi connectivity index (χ1) is 10.3. The second-order valence-corrected chi connectivity index (χ2v) is 6.61. The van der Waals surface area contributed by atoms with Gasteiger partial charge < -0.3 is 4.90 Å². The van der Waals surface area contributed by atoms with Gasteiger partial charge in [0.1, 0.15) is 0 Å². The van der Waals surface area contributed by atoms with Crippen LogP contribution in [-0.4, -0.2) is 53.4 Å². The summed E-state index contributed by atoms with van der Waals surface area (Å²) in [7, 11) is 0. The predicted molar refractivity (Wildman–Crippen MR) is 87.7 cm³/mol. The molecule has 0 atom stereocenters. The van der Waals surface area contributed by atoms with Gasteiger partial charge in [-0.25, -0.2) is 4.99 Å². The van der Waals surface area contributed by atoms with Crippen LogP contribution in [0, 0.1) is 0 Å². The van der Waals surface area contributed by atoms with Crippen molar-refractivity contribution < 1.29 is 9.79 Å². The Bertz CT molecular complexity index is 547. The lowest BCUT2D eigenvalue weighted by atomic mass is 10.0. The highest BCUT2D eigenvalue weighted by atomic mass is 16.2. The first kappa shape index (κ1) is 16.3. The number of nitrogens with one attached hydrogen (secondary N) is 1. The van der Waals surface area contributed by atoms with Crippen LogP contribution in [-0.2, 0) is 0 Å². The summed E-state index contributed by atoms with van der Waals surface area (Å²) in [5, 5.41) is 0. The maximum absolute atomic E-state index is 12.5. The van der Waals surface area contributed by atoms with Gasteiger partial charge in [0, 0.05) is 37.3 Å². The standard InChI is InChI=1S/C16H25N5O/c1-16(2,3)21-10-8-20(9-11-21)14(22)12-4-6-13(7-5-12)19-15(17)18/h4-7H,8-11H2,1-3H3,(H4,17,18,19)/p+1. The summed E-state index contributed by atoms with van der Waals surface area (Å²) in [5.41, 5.74) is 12.4. The van der Waals surface area contributed by atoms with Crippen molar-refractivity contribution in [1.82, 2.24) is 9.80 Å². The first-order valence-corrected chi connectivity index (χ1v) is 7.56. The van der Waals surface area contributed by atoms with E-state index in [0.29, 0.717) is 5.56 Å². The topological polar surface area (TPSA) is 89.6 Å². The normalized spacial score (nSPS) is 16.4. The molecule has 6 heteroatoms. The minimum Gasteiger partial charge on any atom is -0.336 e. The van der Waals surface area contributed by atoms with Crippen LogP contribution in [0.25, 0.3) is 0 Å². The SMILES string of the molecule is CC(C)(C)N1CCN(C(=O)c2ccc([NH+]=C(N)N)cc2)CC1. The molecule has 1 aliphatic rings. The van der Waals surface area contributed by atoms with E-state index < -0.39 is 0 Å². The Balaban J connectivity index is 2.00. The fourth-order valence-corrected chi connectivity index (χ4v) is 2.63. The number of piperazine rings is 1. The predicted octanol–water partition coefficient (Wildman–Crippen LogP) is -0.772. The summed E-state index contributed by atoms with van der Waals surface area (Å²) in [6.07, 6.45) is 0. The molecule has 1 amide bonds. The molecule has 1 fully saturated rings. The molecule has 120 valence electrons. The van der Waals surface area contributed by atoms with Gasteiger partial charge in [-0.05, 0) is 45.0 Å². The Kier molecular flexibility index (Phi) is 4.71. The van der Waals surface area contributed by atoms with E-state index in [4.69, 9.17) is 11.5 Å². The van der Waals surface area contributed by atoms with E-state index in [1.54, 1.807) is 24.3 Å². The third-order valence-corrected chi connectivity index (χ3v) is 3.94. The van der Waals surface area contributed by atoms with Crippen molar-refractivity contribution >= 4 is 17.6 Å². The van der Waals surface area contributed by atoms with Gasteiger partial charge in [0.25, 0.3) is 5.91 Å². The van der Waals surface area contributed by atoms with Crippen molar-refractivity contribution in [3.8, 4) is 0 Å². The smallest absolute Gasteiger partial charge is 0.336 e. The Morgan fingerprint density at radius 3 is 2.05 bits per heavy atom. The van der Waals surface area contributed by atoms with E-state index in [1.807, 2.05) is 4.90 Å². The van der Waals surface area contributed by atoms with Gasteiger partial charge in [-0.2, -0.15) is 0 Å². The summed E-state index contributed by atoms with van der Waals surface area (Å²) in [6, 6.07) is 7.20. The maximum Gasteiger partial charge on any atom is 0.343 e. The molecule has 2 rings (SSSR count). The summed E-state index contributed by atoms with van der Waals surface area (Å²) in [5.74, 6) is 0.210. The number of benzene rings is 1. The molecule has 0 aliphatic carbocycles. The minimum absolute atomic E-state index is 0.0739. The van der Waals surface area contributed by atoms with E-state index in [2.05, 4.69) is 30.7 Å². The van der Waals surface area contributed by atoms with Crippen LogP contribution in [0.2, 0.25) is 0 Å². The molecule has 0 aromatic heterocycles. The van der Waals surface area contributed by atoms with Gasteiger partial charge in [-0.3, -0.25) is 21.2 Å². The Morgan fingerprint density at radius 2 is 1.59 bits per heavy atom. The minimum atomic E-state index is 0.0739. The number of hydrogen-bond donors (Lipinski definition) is 3. The van der Waals surface area contributed by atoms with E-state index in [9.17, 15) is 4.79 Å². The van der Waals surface area contributed by atoms with Crippen molar-refractivity contribution in [1.29, 1.82) is 0 Å². The third-order valence-electron chi connectivity index (χ3n) is 3.94. The molecule has 1 heterocycles. The second kappa shape index (κ2) is 6.36. The van der Waals surface area contributed by atoms with Crippen LogP contribution in [0.5, 0.6) is 0 Å². The molecule has 0 spiro atoms. The summed E-state index contributed by atoms with van der Waals surface area (Å²) in [6.45, 7) is 9.96. The molecule has 0 unspecified atom stereocenters. The number of nitrogens with two attached hydrogens (primary N) is 2. The highest BCUT2D eigenvalue weighted by Gasteiger charge is 2.28. The fraction of sp³-hybridized carbons (Fsp3) is 0.500. The number of guanidine groups is 1. The van der Waals surface area contributed by atoms with Crippen LogP contribution in [0.4, 0.5) is 5.69 Å². The lowest BCUT2D eigenvalue weighted by Crippen LogP contribution is -2.72. The fourth-order valence-electron chi connectivity index (χ4n) is 2.63. The average Bonchev–Trinajstić information content (AvgIpc) is 2.46. The van der Waals surface area contributed by atoms with Crippen LogP contribution < -0.4 is 16.5 Å². The molecule has 0 bridgehead atoms. The van der Waals surface area contributed by atoms with E-state index in [1.165, 1.54) is 0 Å². The van der Waals surface area contributed by atoms with Gasteiger partial charge in [-0.1, -0.05) is 0 Å². The van der Waals surface area contributed by atoms with E-state index in [-0.39, 0.29) is 17.4 Å². The van der Waals surface area contributed by atoms with Gasteiger partial charge >= 0.3 is 5.96 Å². The van der Waals surface area contributed by atoms with Crippen LogP contribution in [0.1, 0.15) is 31.1 Å². The third kappa shape index (κ3) is 3.98. The van der Waals surface area contributed by atoms with Crippen molar-refractivity contribution in [3.05, 3.63) is 29.8 Å². The van der Waals surface area contributed by atoms with Gasteiger partial charge in [-0.15, -0.1) is 0 Å². The molecule has 5 N–H and O–H groups in total. The molecule has 1 aromatic rings. The monoisotopic (exact) mass is 304 g/mol. The zero-order chi connectivity index (χ0) is 16.3. The van der Waals surface area contributed by atoms with Crippen molar-refractivity contribution in [3.63, 3.8) is 0 Å². The molecule has 1 aliphatic heterocycles. The molecule has 0 radical (unpaired) electrons. The van der Waals surface area contributed by atoms with Crippen molar-refractivity contribution in [2.45, 2.75) is 26.3 Å². The van der Waals surface area contributed by atoms with Crippen molar-refractivity contribution in [2.24, 2.45) is 11.5 Å². The number of amides is 1. The zero-order valence-corrected chi connectivity index (χ0v) is 13.6. The number of nitrogens with zero attached hydrogens (tertiary/aromatic N) is 2. The quantitative estimate of drug-likeness (QED) is 0.494. The maximum atomic E-state index is 12.5. The highest BCUT2D eigenvalue weighted by molar-refractivity contribution is 5.94. The number of rotatable bonds is 2. The lowest BCUT2D eigenvalue weighted by Gasteiger charge is -2.42. The molecule has 0 saturated carbocycles. The van der Waals surface area contributed by atoms with Crippen LogP contribution in [0.15, 0.2) is 24.3 Å². The largest absolute Gasteiger partial charge is 0.343 e. The summed E-state index contributed by atoms with van der Waals surface area (Å²) >= 11 is 0. The van der Waals surface area contributed by atoms with E-state index in [0.717, 1.165) is 31.9 Å². The van der Waals surface area contributed by atoms with Crippen molar-refractivity contribution in [2.75, 3.05) is 26.2 Å². The molecular weight excluding hydrogens is 278 g/mol. The van der Waals surface area contributed by atoms with E-state index >= 15 is 0 Å². The Hall–Kier alpha value is -2.08. The molecule has 22 heavy (non-hydrogen) atoms. The molecule has 6 nitrogen and oxygen atoms in total. The van der Waals surface area contributed by atoms with Crippen LogP contribution >= 0.6 is 0 Å². The number of hydrogen-bond acceptors (Lipinski definition) is 2. The molecule has 1 aromatic carbocycles. The summed E-state index contributed by atoms with van der Waals surface area (Å²) < 4.78 is 0. The highest BCUT2D eigenvalue weighted by Crippen LogP contribution is 2.17. The first-order valence-electron chi connectivity index (χ1n) is 7.56. The zero-order valence-electron chi connectivity index (χ0n) is 13.6. The number of carbonyl (C=O) groups excluding carboxylic acids is 1. The lowest BCUT2D eigenvalue weighted by molar-refractivity contribution is -0.356. The average molecular weight is 304 g/mol. The Morgan fingerprint density at radius 1 is 1.05 bits per heavy atom. The summed E-state index contributed by atoms with van der Waals surface area (Å²) in [4.78, 5) is 19.7. The number of carbonyl (C=O) groups is 1. The van der Waals surface area contributed by atoms with Gasteiger partial charge in [0.2, 0.25) is 0 Å². The van der Waals surface area contributed by atoms with Gasteiger partial charge in [0.15, 0.2) is 0 Å².